The molecule has 0 aliphatic heterocycles. The molecule has 112 valence electrons. The van der Waals surface area contributed by atoms with E-state index in [1.165, 1.54) is 13.3 Å². The minimum absolute atomic E-state index is 0.0356. The Morgan fingerprint density at radius 1 is 1.55 bits per heavy atom. The van der Waals surface area contributed by atoms with Crippen molar-refractivity contribution in [3.8, 4) is 0 Å². The molecule has 1 aromatic rings. The lowest BCUT2D eigenvalue weighted by Crippen LogP contribution is -2.28. The second-order valence-electron chi connectivity index (χ2n) is 4.87. The highest BCUT2D eigenvalue weighted by Gasteiger charge is 2.11. The second kappa shape index (κ2) is 7.89. The molecule has 1 heterocycles. The summed E-state index contributed by atoms with van der Waals surface area (Å²) >= 11 is 5.98. The molecule has 0 aliphatic rings. The van der Waals surface area contributed by atoms with Crippen LogP contribution in [-0.2, 0) is 16.1 Å². The van der Waals surface area contributed by atoms with Crippen LogP contribution in [0.25, 0.3) is 0 Å². The lowest BCUT2D eigenvalue weighted by Gasteiger charge is -2.10. The van der Waals surface area contributed by atoms with Crippen LogP contribution in [0.1, 0.15) is 26.7 Å². The molecular weight excluding hydrogens is 282 g/mol. The summed E-state index contributed by atoms with van der Waals surface area (Å²) in [6.45, 7) is 4.79. The standard InChI is InChI=1S/C13H20ClN3O3/c1-9(2)5-4-6-15-10-7-16-17(8-11(18)20-3)13(19)12(10)14/h7,9,15H,4-6,8H2,1-3H3. The third-order valence-corrected chi connectivity index (χ3v) is 3.13. The molecule has 0 bridgehead atoms. The number of aromatic nitrogens is 2. The number of methoxy groups -OCH3 is 1. The summed E-state index contributed by atoms with van der Waals surface area (Å²) < 4.78 is 5.46. The van der Waals surface area contributed by atoms with E-state index in [0.29, 0.717) is 11.6 Å². The first-order chi connectivity index (χ1) is 9.45. The highest BCUT2D eigenvalue weighted by atomic mass is 35.5. The average Bonchev–Trinajstić information content (AvgIpc) is 2.41. The molecule has 0 fully saturated rings. The van der Waals surface area contributed by atoms with Crippen LogP contribution < -0.4 is 10.9 Å². The van der Waals surface area contributed by atoms with Gasteiger partial charge in [0.15, 0.2) is 0 Å². The summed E-state index contributed by atoms with van der Waals surface area (Å²) in [6.07, 6.45) is 3.53. The van der Waals surface area contributed by atoms with E-state index in [2.05, 4.69) is 29.0 Å². The smallest absolute Gasteiger partial charge is 0.327 e. The number of nitrogens with one attached hydrogen (secondary N) is 1. The molecule has 7 heteroatoms. The van der Waals surface area contributed by atoms with Gasteiger partial charge in [0.25, 0.3) is 5.56 Å². The minimum Gasteiger partial charge on any atom is -0.468 e. The Labute approximate surface area is 123 Å². The van der Waals surface area contributed by atoms with Gasteiger partial charge in [-0.15, -0.1) is 0 Å². The predicted molar refractivity (Wildman–Crippen MR) is 78.1 cm³/mol. The summed E-state index contributed by atoms with van der Waals surface area (Å²) in [6, 6.07) is 0. The van der Waals surface area contributed by atoms with Crippen molar-refractivity contribution in [1.82, 2.24) is 9.78 Å². The fourth-order valence-corrected chi connectivity index (χ4v) is 1.83. The van der Waals surface area contributed by atoms with Gasteiger partial charge < -0.3 is 10.1 Å². The van der Waals surface area contributed by atoms with Gasteiger partial charge in [-0.3, -0.25) is 9.59 Å². The van der Waals surface area contributed by atoms with E-state index in [1.807, 2.05) is 0 Å². The first-order valence-electron chi connectivity index (χ1n) is 6.52. The molecule has 0 unspecified atom stereocenters. The van der Waals surface area contributed by atoms with Gasteiger partial charge in [0.2, 0.25) is 0 Å². The number of anilines is 1. The van der Waals surface area contributed by atoms with E-state index in [1.54, 1.807) is 0 Å². The minimum atomic E-state index is -0.548. The zero-order valence-corrected chi connectivity index (χ0v) is 12.7. The molecule has 0 amide bonds. The van der Waals surface area contributed by atoms with Crippen molar-refractivity contribution in [2.24, 2.45) is 5.92 Å². The summed E-state index contributed by atoms with van der Waals surface area (Å²) in [5.74, 6) is 0.0896. The molecule has 0 saturated carbocycles. The Kier molecular flexibility index (Phi) is 6.51. The number of hydrogen-bond donors (Lipinski definition) is 1. The van der Waals surface area contributed by atoms with Crippen LogP contribution in [0, 0.1) is 5.92 Å². The SMILES string of the molecule is COC(=O)Cn1ncc(NCCCC(C)C)c(Cl)c1=O. The van der Waals surface area contributed by atoms with E-state index in [0.717, 1.165) is 24.1 Å². The molecule has 20 heavy (non-hydrogen) atoms. The average molecular weight is 302 g/mol. The molecule has 6 nitrogen and oxygen atoms in total. The van der Waals surface area contributed by atoms with Crippen LogP contribution in [0.15, 0.2) is 11.0 Å². The van der Waals surface area contributed by atoms with Gasteiger partial charge in [0.1, 0.15) is 11.6 Å². The van der Waals surface area contributed by atoms with E-state index in [4.69, 9.17) is 11.6 Å². The summed E-state index contributed by atoms with van der Waals surface area (Å²) in [5, 5.41) is 7.01. The van der Waals surface area contributed by atoms with Crippen molar-refractivity contribution in [2.75, 3.05) is 19.0 Å². The number of nitrogens with zero attached hydrogens (tertiary/aromatic N) is 2. The van der Waals surface area contributed by atoms with Crippen LogP contribution in [0.3, 0.4) is 0 Å². The van der Waals surface area contributed by atoms with Gasteiger partial charge in [-0.25, -0.2) is 4.68 Å². The normalized spacial score (nSPS) is 10.7. The fourth-order valence-electron chi connectivity index (χ4n) is 1.62. The van der Waals surface area contributed by atoms with Gasteiger partial charge in [0.05, 0.1) is 19.0 Å². The largest absolute Gasteiger partial charge is 0.468 e. The van der Waals surface area contributed by atoms with Crippen LogP contribution >= 0.6 is 11.6 Å². The van der Waals surface area contributed by atoms with Gasteiger partial charge in [0, 0.05) is 6.54 Å². The van der Waals surface area contributed by atoms with Crippen molar-refractivity contribution in [3.05, 3.63) is 21.6 Å². The molecule has 0 aromatic carbocycles. The lowest BCUT2D eigenvalue weighted by atomic mass is 10.1. The summed E-state index contributed by atoms with van der Waals surface area (Å²) in [4.78, 5) is 23.0. The zero-order chi connectivity index (χ0) is 15.1. The molecule has 1 aromatic heterocycles. The van der Waals surface area contributed by atoms with Crippen molar-refractivity contribution in [2.45, 2.75) is 33.2 Å². The maximum absolute atomic E-state index is 11.9. The quantitative estimate of drug-likeness (QED) is 0.615. The highest BCUT2D eigenvalue weighted by Crippen LogP contribution is 2.15. The molecule has 0 saturated heterocycles. The number of halogens is 1. The van der Waals surface area contributed by atoms with Crippen molar-refractivity contribution in [1.29, 1.82) is 0 Å². The molecule has 1 N–H and O–H groups in total. The van der Waals surface area contributed by atoms with Gasteiger partial charge in [-0.1, -0.05) is 25.4 Å². The molecule has 0 spiro atoms. The van der Waals surface area contributed by atoms with Crippen LogP contribution in [-0.4, -0.2) is 29.4 Å². The van der Waals surface area contributed by atoms with Gasteiger partial charge >= 0.3 is 5.97 Å². The van der Waals surface area contributed by atoms with E-state index >= 15 is 0 Å². The van der Waals surface area contributed by atoms with Crippen LogP contribution in [0.2, 0.25) is 5.02 Å². The third-order valence-electron chi connectivity index (χ3n) is 2.77. The van der Waals surface area contributed by atoms with E-state index in [-0.39, 0.29) is 11.6 Å². The Morgan fingerprint density at radius 2 is 2.25 bits per heavy atom. The topological polar surface area (TPSA) is 73.2 Å². The number of rotatable bonds is 7. The van der Waals surface area contributed by atoms with Crippen molar-refractivity contribution in [3.63, 3.8) is 0 Å². The number of hydrogen-bond acceptors (Lipinski definition) is 5. The molecule has 0 aliphatic carbocycles. The monoisotopic (exact) mass is 301 g/mol. The maximum Gasteiger partial charge on any atom is 0.327 e. The summed E-state index contributed by atoms with van der Waals surface area (Å²) in [7, 11) is 1.25. The Balaban J connectivity index is 2.69. The Bertz CT molecular complexity index is 514. The van der Waals surface area contributed by atoms with E-state index < -0.39 is 11.5 Å². The maximum atomic E-state index is 11.9. The highest BCUT2D eigenvalue weighted by molar-refractivity contribution is 6.32. The van der Waals surface area contributed by atoms with Gasteiger partial charge in [-0.2, -0.15) is 5.10 Å². The fraction of sp³-hybridized carbons (Fsp3) is 0.615. The number of carbonyl (C=O) groups is 1. The summed E-state index contributed by atoms with van der Waals surface area (Å²) in [5.41, 5.74) is -0.0209. The number of ether oxygens (including phenoxy) is 1. The lowest BCUT2D eigenvalue weighted by molar-refractivity contribution is -0.141. The molecular formula is C13H20ClN3O3. The number of esters is 1. The Hall–Kier alpha value is -1.56. The molecule has 0 radical (unpaired) electrons. The van der Waals surface area contributed by atoms with Crippen molar-refractivity contribution >= 4 is 23.3 Å². The Morgan fingerprint density at radius 3 is 2.85 bits per heavy atom. The third kappa shape index (κ3) is 4.85. The zero-order valence-electron chi connectivity index (χ0n) is 12.0. The molecule has 0 atom stereocenters. The first kappa shape index (κ1) is 16.5. The van der Waals surface area contributed by atoms with Crippen LogP contribution in [0.4, 0.5) is 5.69 Å². The van der Waals surface area contributed by atoms with Crippen molar-refractivity contribution < 1.29 is 9.53 Å². The van der Waals surface area contributed by atoms with E-state index in [9.17, 15) is 9.59 Å². The number of carbonyl (C=O) groups excluding carboxylic acids is 1. The second-order valence-corrected chi connectivity index (χ2v) is 5.25. The predicted octanol–water partition coefficient (Wildman–Crippen LogP) is 1.92. The molecule has 1 rings (SSSR count). The van der Waals surface area contributed by atoms with Gasteiger partial charge in [-0.05, 0) is 18.8 Å². The first-order valence-corrected chi connectivity index (χ1v) is 6.89. The van der Waals surface area contributed by atoms with Crippen LogP contribution in [0.5, 0.6) is 0 Å².